The summed E-state index contributed by atoms with van der Waals surface area (Å²) in [5.41, 5.74) is -1.20. The van der Waals surface area contributed by atoms with Crippen molar-refractivity contribution in [1.29, 1.82) is 5.41 Å². The molecule has 3 N–H and O–H groups in total. The molecule has 0 aromatic heterocycles. The van der Waals surface area contributed by atoms with Gasteiger partial charge < -0.3 is 10.7 Å². The second-order valence-corrected chi connectivity index (χ2v) is 11.5. The summed E-state index contributed by atoms with van der Waals surface area (Å²) in [7, 11) is -13.6. The van der Waals surface area contributed by atoms with Crippen LogP contribution in [-0.4, -0.2) is 26.9 Å². The number of anilines is 2. The van der Waals surface area contributed by atoms with Crippen LogP contribution in [0.3, 0.4) is 0 Å². The Hall–Kier alpha value is -2.74. The van der Waals surface area contributed by atoms with Gasteiger partial charge in [-0.05, 0) is 43.7 Å². The van der Waals surface area contributed by atoms with Gasteiger partial charge in [0.1, 0.15) is 10.9 Å². The van der Waals surface area contributed by atoms with Gasteiger partial charge in [-0.2, -0.15) is 4.91 Å². The molecular weight excluding hydrogens is 479 g/mol. The Morgan fingerprint density at radius 1 is 1.06 bits per heavy atom. The molecule has 0 saturated carbocycles. The predicted molar refractivity (Wildman–Crippen MR) is 117 cm³/mol. The quantitative estimate of drug-likeness (QED) is 0.216. The largest absolute Gasteiger partial charge is 0.373 e. The van der Waals surface area contributed by atoms with E-state index in [1.165, 1.54) is 32.0 Å². The molecule has 0 bridgehead atoms. The van der Waals surface area contributed by atoms with Crippen molar-refractivity contribution in [2.75, 3.05) is 16.3 Å². The van der Waals surface area contributed by atoms with Gasteiger partial charge in [-0.25, -0.2) is 8.42 Å². The Bertz CT molecular complexity index is 1160. The summed E-state index contributed by atoms with van der Waals surface area (Å²) in [4.78, 5) is 9.25. The maximum atomic E-state index is 13.1. The fourth-order valence-electron chi connectivity index (χ4n) is 2.98. The van der Waals surface area contributed by atoms with Gasteiger partial charge in [-0.3, -0.25) is 4.72 Å². The van der Waals surface area contributed by atoms with Gasteiger partial charge >= 0.3 is 10.2 Å². The molecule has 2 aromatic carbocycles. The summed E-state index contributed by atoms with van der Waals surface area (Å²) >= 11 is 0. The van der Waals surface area contributed by atoms with Gasteiger partial charge in [-0.15, -0.1) is 0 Å². The third-order valence-corrected chi connectivity index (χ3v) is 6.59. The molecule has 7 nitrogen and oxygen atoms in total. The third kappa shape index (κ3) is 5.73. The molecule has 0 aliphatic heterocycles. The van der Waals surface area contributed by atoms with Crippen LogP contribution in [0.1, 0.15) is 25.0 Å². The minimum Gasteiger partial charge on any atom is -0.373 e. The summed E-state index contributed by atoms with van der Waals surface area (Å²) in [6.45, 7) is 2.78. The van der Waals surface area contributed by atoms with E-state index in [1.807, 2.05) is 0 Å². The highest BCUT2D eigenvalue weighted by Crippen LogP contribution is 3.02. The van der Waals surface area contributed by atoms with E-state index in [0.29, 0.717) is 0 Å². The number of hydrogen-bond donors (Lipinski definition) is 3. The summed E-state index contributed by atoms with van der Waals surface area (Å²) < 4.78 is 90.7. The number of sulfonamides is 1. The SMILES string of the molecule is CC(N=O)C(C)(Nc1cccc(NS(C)(=O)=O)c1C=N)c1ccc(S(F)(F)(F)(F)F)cc1. The predicted octanol–water partition coefficient (Wildman–Crippen LogP) is 6.20. The molecule has 0 saturated heterocycles. The monoisotopic (exact) mass is 500 g/mol. The highest BCUT2D eigenvalue weighted by atomic mass is 32.5. The lowest BCUT2D eigenvalue weighted by Gasteiger charge is -2.41. The lowest BCUT2D eigenvalue weighted by atomic mass is 9.85. The van der Waals surface area contributed by atoms with E-state index in [4.69, 9.17) is 5.41 Å². The van der Waals surface area contributed by atoms with E-state index in [0.717, 1.165) is 24.6 Å². The molecule has 0 spiro atoms. The van der Waals surface area contributed by atoms with Crippen LogP contribution < -0.4 is 10.0 Å². The molecular formula is C18H21F5N4O3S2. The van der Waals surface area contributed by atoms with Crippen LogP contribution in [0, 0.1) is 10.3 Å². The summed E-state index contributed by atoms with van der Waals surface area (Å²) in [6, 6.07) is 5.25. The fraction of sp³-hybridized carbons (Fsp3) is 0.278. The average molecular weight is 501 g/mol. The van der Waals surface area contributed by atoms with Crippen LogP contribution >= 0.6 is 10.2 Å². The van der Waals surface area contributed by atoms with Crippen molar-refractivity contribution in [3.05, 3.63) is 58.5 Å². The Labute approximate surface area is 181 Å². The van der Waals surface area contributed by atoms with Gasteiger partial charge in [0.05, 0.1) is 17.5 Å². The maximum Gasteiger partial charge on any atom is 0.310 e. The number of nitrogens with one attached hydrogen (secondary N) is 3. The maximum absolute atomic E-state index is 13.1. The molecule has 14 heteroatoms. The molecule has 0 aliphatic rings. The lowest BCUT2D eigenvalue weighted by molar-refractivity contribution is 0.363. The average Bonchev–Trinajstić information content (AvgIpc) is 2.64. The molecule has 2 unspecified atom stereocenters. The van der Waals surface area contributed by atoms with Gasteiger partial charge in [0, 0.05) is 17.5 Å². The molecule has 2 rings (SSSR count). The van der Waals surface area contributed by atoms with E-state index >= 15 is 0 Å². The van der Waals surface area contributed by atoms with E-state index in [2.05, 4.69) is 15.2 Å². The first-order chi connectivity index (χ1) is 14.3. The van der Waals surface area contributed by atoms with Crippen LogP contribution in [-0.2, 0) is 15.6 Å². The molecule has 178 valence electrons. The van der Waals surface area contributed by atoms with Gasteiger partial charge in [0.15, 0.2) is 0 Å². The molecule has 0 heterocycles. The summed E-state index contributed by atoms with van der Waals surface area (Å²) in [6.07, 6.45) is 1.75. The third-order valence-electron chi connectivity index (χ3n) is 4.83. The van der Waals surface area contributed by atoms with Gasteiger partial charge in [0.2, 0.25) is 10.0 Å². The van der Waals surface area contributed by atoms with Gasteiger partial charge in [0.25, 0.3) is 0 Å². The Morgan fingerprint density at radius 3 is 2.03 bits per heavy atom. The van der Waals surface area contributed by atoms with Gasteiger partial charge in [-0.1, -0.05) is 42.8 Å². The molecule has 32 heavy (non-hydrogen) atoms. The van der Waals surface area contributed by atoms with Crippen LogP contribution in [0.25, 0.3) is 0 Å². The van der Waals surface area contributed by atoms with Crippen LogP contribution in [0.2, 0.25) is 0 Å². The first-order valence-electron chi connectivity index (χ1n) is 8.87. The molecule has 0 aliphatic carbocycles. The zero-order valence-electron chi connectivity index (χ0n) is 17.1. The minimum atomic E-state index is -9.88. The van der Waals surface area contributed by atoms with Crippen molar-refractivity contribution in [3.8, 4) is 0 Å². The van der Waals surface area contributed by atoms with E-state index in [-0.39, 0.29) is 34.6 Å². The van der Waals surface area contributed by atoms with Crippen molar-refractivity contribution in [3.63, 3.8) is 0 Å². The second kappa shape index (κ2) is 7.40. The molecule has 0 amide bonds. The summed E-state index contributed by atoms with van der Waals surface area (Å²) in [5, 5.41) is 13.5. The van der Waals surface area contributed by atoms with Crippen LogP contribution in [0.15, 0.2) is 52.5 Å². The Kier molecular flexibility index (Phi) is 5.90. The smallest absolute Gasteiger partial charge is 0.310 e. The van der Waals surface area contributed by atoms with Crippen LogP contribution in [0.4, 0.5) is 30.8 Å². The van der Waals surface area contributed by atoms with Crippen LogP contribution in [0.5, 0.6) is 0 Å². The number of rotatable bonds is 9. The van der Waals surface area contributed by atoms with Crippen molar-refractivity contribution in [2.45, 2.75) is 30.3 Å². The standard InChI is InChI=1S/C18H21F5N4O3S2/c1-12(26-28)18(2,13-7-9-14(10-8-13)32(19,20,21,22)23)25-16-5-4-6-17(15(16)11-24)27-31(3,29)30/h4-12,24-25,27H,1-3H3. The molecule has 2 atom stereocenters. The van der Waals surface area contributed by atoms with E-state index in [1.54, 1.807) is 0 Å². The highest BCUT2D eigenvalue weighted by Gasteiger charge is 2.65. The Balaban J connectivity index is 2.60. The summed E-state index contributed by atoms with van der Waals surface area (Å²) in [5.74, 6) is 0. The number of halogens is 5. The van der Waals surface area contributed by atoms with Crippen molar-refractivity contribution >= 4 is 37.8 Å². The normalized spacial score (nSPS) is 17.2. The first-order valence-corrected chi connectivity index (χ1v) is 12.7. The Morgan fingerprint density at radius 2 is 1.59 bits per heavy atom. The molecule has 2 aromatic rings. The first kappa shape index (κ1) is 25.5. The van der Waals surface area contributed by atoms with Crippen molar-refractivity contribution < 1.29 is 27.8 Å². The number of hydrogen-bond acceptors (Lipinski definition) is 6. The zero-order valence-corrected chi connectivity index (χ0v) is 18.7. The van der Waals surface area contributed by atoms with Crippen molar-refractivity contribution in [2.24, 2.45) is 5.18 Å². The second-order valence-electron chi connectivity index (χ2n) is 7.39. The molecule has 0 radical (unpaired) electrons. The zero-order chi connectivity index (χ0) is 24.7. The topological polar surface area (TPSA) is 111 Å². The number of benzene rings is 2. The number of nitroso groups, excluding NO2 is 1. The fourth-order valence-corrected chi connectivity index (χ4v) is 4.21. The van der Waals surface area contributed by atoms with E-state index < -0.39 is 36.7 Å². The highest BCUT2D eigenvalue weighted by molar-refractivity contribution is 8.45. The lowest BCUT2D eigenvalue weighted by Crippen LogP contribution is -2.41. The van der Waals surface area contributed by atoms with E-state index in [9.17, 15) is 32.8 Å². The van der Waals surface area contributed by atoms with Crippen molar-refractivity contribution in [1.82, 2.24) is 0 Å². The number of nitrogens with zero attached hydrogens (tertiary/aromatic N) is 1. The minimum absolute atomic E-state index is 0.0348. The molecule has 0 fully saturated rings.